The summed E-state index contributed by atoms with van der Waals surface area (Å²) in [5, 5.41) is 11.3. The zero-order valence-electron chi connectivity index (χ0n) is 8.93. The minimum Gasteiger partial charge on any atom is -0.478 e. The zero-order valence-corrected chi connectivity index (χ0v) is 8.93. The van der Waals surface area contributed by atoms with Crippen molar-refractivity contribution in [2.75, 3.05) is 5.32 Å². The quantitative estimate of drug-likeness (QED) is 0.763. The lowest BCUT2D eigenvalue weighted by Gasteiger charge is -2.07. The van der Waals surface area contributed by atoms with Crippen LogP contribution in [0.1, 0.15) is 23.2 Å². The summed E-state index contributed by atoms with van der Waals surface area (Å²) in [5.74, 6) is 4.50. The number of pyridine rings is 1. The molecule has 0 saturated heterocycles. The van der Waals surface area contributed by atoms with Crippen molar-refractivity contribution in [1.29, 1.82) is 0 Å². The maximum absolute atomic E-state index is 11.7. The van der Waals surface area contributed by atoms with E-state index in [-0.39, 0.29) is 17.4 Å². The molecule has 0 aromatic carbocycles. The van der Waals surface area contributed by atoms with Crippen molar-refractivity contribution in [3.63, 3.8) is 0 Å². The highest BCUT2D eigenvalue weighted by Crippen LogP contribution is 2.13. The third-order valence-electron chi connectivity index (χ3n) is 2.41. The van der Waals surface area contributed by atoms with Gasteiger partial charge in [0.1, 0.15) is 11.7 Å². The lowest BCUT2D eigenvalue weighted by atomic mass is 10.1. The predicted molar refractivity (Wildman–Crippen MR) is 60.3 cm³/mol. The van der Waals surface area contributed by atoms with E-state index in [1.165, 1.54) is 18.3 Å². The fraction of sp³-hybridized carbons (Fsp3) is 0.250. The van der Waals surface area contributed by atoms with E-state index >= 15 is 0 Å². The number of anilines is 1. The van der Waals surface area contributed by atoms with E-state index in [0.717, 1.165) is 6.42 Å². The highest BCUT2D eigenvalue weighted by Gasteiger charge is 2.18. The molecule has 1 aromatic heterocycles. The molecule has 0 aliphatic heterocycles. The molecule has 1 unspecified atom stereocenters. The van der Waals surface area contributed by atoms with E-state index in [0.29, 0.717) is 12.2 Å². The first-order chi connectivity index (χ1) is 8.16. The number of carboxylic acids is 1. The van der Waals surface area contributed by atoms with E-state index in [1.54, 1.807) is 0 Å². The van der Waals surface area contributed by atoms with Crippen LogP contribution in [0.2, 0.25) is 0 Å². The molecular weight excluding hydrogens is 220 g/mol. The van der Waals surface area contributed by atoms with Crippen LogP contribution in [-0.2, 0) is 4.79 Å². The Morgan fingerprint density at radius 2 is 2.29 bits per heavy atom. The molecule has 0 saturated carbocycles. The number of aromatic carboxylic acids is 1. The standard InChI is InChI=1S/C12H10N2O3/c15-11(8-3-1-2-4-8)14-10-6-5-9(7-13-10)12(16)17/h5-8H,1,3H2,(H,16,17)(H,13,14,15). The van der Waals surface area contributed by atoms with Gasteiger partial charge < -0.3 is 10.4 Å². The summed E-state index contributed by atoms with van der Waals surface area (Å²) < 4.78 is 0. The molecule has 1 aliphatic carbocycles. The van der Waals surface area contributed by atoms with E-state index in [2.05, 4.69) is 22.1 Å². The van der Waals surface area contributed by atoms with Crippen molar-refractivity contribution in [3.8, 4) is 11.8 Å². The topological polar surface area (TPSA) is 79.3 Å². The average Bonchev–Trinajstić information content (AvgIpc) is 2.83. The predicted octanol–water partition coefficient (Wildman–Crippen LogP) is 1.13. The summed E-state index contributed by atoms with van der Waals surface area (Å²) in [7, 11) is 0. The maximum atomic E-state index is 11.7. The molecule has 0 fully saturated rings. The number of rotatable bonds is 3. The maximum Gasteiger partial charge on any atom is 0.337 e. The summed E-state index contributed by atoms with van der Waals surface area (Å²) in [6, 6.07) is 2.86. The van der Waals surface area contributed by atoms with Crippen LogP contribution in [0.5, 0.6) is 0 Å². The van der Waals surface area contributed by atoms with Gasteiger partial charge in [-0.15, -0.1) is 5.92 Å². The second-order valence-electron chi connectivity index (χ2n) is 3.64. The zero-order chi connectivity index (χ0) is 12.3. The van der Waals surface area contributed by atoms with Gasteiger partial charge in [-0.25, -0.2) is 9.78 Å². The summed E-state index contributed by atoms with van der Waals surface area (Å²) in [4.78, 5) is 26.1. The van der Waals surface area contributed by atoms with E-state index in [4.69, 9.17) is 5.11 Å². The molecule has 1 aliphatic rings. The molecule has 1 heterocycles. The molecule has 5 heteroatoms. The number of carbonyl (C=O) groups excluding carboxylic acids is 1. The molecule has 5 nitrogen and oxygen atoms in total. The van der Waals surface area contributed by atoms with Crippen LogP contribution in [0, 0.1) is 17.8 Å². The molecule has 17 heavy (non-hydrogen) atoms. The number of nitrogens with one attached hydrogen (secondary N) is 1. The Kier molecular flexibility index (Phi) is 3.06. The summed E-state index contributed by atoms with van der Waals surface area (Å²) in [5.41, 5.74) is 0.0867. The number of aromatic nitrogens is 1. The highest BCUT2D eigenvalue weighted by molar-refractivity contribution is 5.94. The van der Waals surface area contributed by atoms with Gasteiger partial charge in [0.2, 0.25) is 5.91 Å². The monoisotopic (exact) mass is 230 g/mol. The first-order valence-electron chi connectivity index (χ1n) is 5.15. The summed E-state index contributed by atoms with van der Waals surface area (Å²) in [6.45, 7) is 0. The number of hydrogen-bond donors (Lipinski definition) is 2. The van der Waals surface area contributed by atoms with Gasteiger partial charge in [0.25, 0.3) is 0 Å². The SMILES string of the molecule is O=C(O)c1ccc(NC(=O)C2C#CCC2)nc1. The minimum atomic E-state index is -1.04. The van der Waals surface area contributed by atoms with Crippen molar-refractivity contribution in [2.45, 2.75) is 12.8 Å². The fourth-order valence-electron chi connectivity index (χ4n) is 1.49. The lowest BCUT2D eigenvalue weighted by Crippen LogP contribution is -2.20. The average molecular weight is 230 g/mol. The van der Waals surface area contributed by atoms with Crippen LogP contribution in [0.3, 0.4) is 0 Å². The molecule has 0 bridgehead atoms. The Morgan fingerprint density at radius 3 is 2.82 bits per heavy atom. The number of amides is 1. The van der Waals surface area contributed by atoms with Crippen molar-refractivity contribution in [2.24, 2.45) is 5.92 Å². The molecule has 1 aromatic rings. The van der Waals surface area contributed by atoms with Gasteiger partial charge in [-0.05, 0) is 18.6 Å². The fourth-order valence-corrected chi connectivity index (χ4v) is 1.49. The normalized spacial score (nSPS) is 17.1. The lowest BCUT2D eigenvalue weighted by molar-refractivity contribution is -0.118. The number of hydrogen-bond acceptors (Lipinski definition) is 3. The summed E-state index contributed by atoms with van der Waals surface area (Å²) in [6.07, 6.45) is 2.65. The van der Waals surface area contributed by atoms with Crippen LogP contribution in [0.4, 0.5) is 5.82 Å². The number of nitrogens with zero attached hydrogens (tertiary/aromatic N) is 1. The van der Waals surface area contributed by atoms with E-state index in [9.17, 15) is 9.59 Å². The van der Waals surface area contributed by atoms with Crippen molar-refractivity contribution in [1.82, 2.24) is 4.98 Å². The molecule has 2 rings (SSSR count). The first-order valence-corrected chi connectivity index (χ1v) is 5.15. The smallest absolute Gasteiger partial charge is 0.337 e. The van der Waals surface area contributed by atoms with E-state index < -0.39 is 5.97 Å². The van der Waals surface area contributed by atoms with Gasteiger partial charge in [-0.2, -0.15) is 0 Å². The van der Waals surface area contributed by atoms with Gasteiger partial charge in [0.05, 0.1) is 5.56 Å². The third-order valence-corrected chi connectivity index (χ3v) is 2.41. The van der Waals surface area contributed by atoms with Crippen LogP contribution >= 0.6 is 0 Å². The second kappa shape index (κ2) is 4.66. The molecule has 2 N–H and O–H groups in total. The van der Waals surface area contributed by atoms with Gasteiger partial charge in [-0.3, -0.25) is 4.79 Å². The first kappa shape index (κ1) is 11.1. The summed E-state index contributed by atoms with van der Waals surface area (Å²) >= 11 is 0. The second-order valence-corrected chi connectivity index (χ2v) is 3.64. The molecular formula is C12H10N2O3. The van der Waals surface area contributed by atoms with Crippen molar-refractivity contribution in [3.05, 3.63) is 23.9 Å². The third kappa shape index (κ3) is 2.61. The van der Waals surface area contributed by atoms with Gasteiger partial charge >= 0.3 is 5.97 Å². The Bertz CT molecular complexity index is 511. The van der Waals surface area contributed by atoms with Gasteiger partial charge in [0.15, 0.2) is 0 Å². The molecule has 0 spiro atoms. The van der Waals surface area contributed by atoms with Crippen LogP contribution in [-0.4, -0.2) is 22.0 Å². The molecule has 1 amide bonds. The van der Waals surface area contributed by atoms with Crippen molar-refractivity contribution < 1.29 is 14.7 Å². The largest absolute Gasteiger partial charge is 0.478 e. The Balaban J connectivity index is 2.02. The number of carboxylic acid groups (broad SMARTS) is 1. The Morgan fingerprint density at radius 1 is 1.47 bits per heavy atom. The van der Waals surface area contributed by atoms with Crippen LogP contribution in [0.15, 0.2) is 18.3 Å². The van der Waals surface area contributed by atoms with Gasteiger partial charge in [-0.1, -0.05) is 5.92 Å². The molecule has 86 valence electrons. The van der Waals surface area contributed by atoms with Gasteiger partial charge in [0, 0.05) is 12.6 Å². The van der Waals surface area contributed by atoms with E-state index in [1.807, 2.05) is 0 Å². The minimum absolute atomic E-state index is 0.0867. The Labute approximate surface area is 97.9 Å². The Hall–Kier alpha value is -2.35. The molecule has 1 atom stereocenters. The van der Waals surface area contributed by atoms with Crippen molar-refractivity contribution >= 4 is 17.7 Å². The van der Waals surface area contributed by atoms with Crippen LogP contribution in [0.25, 0.3) is 0 Å². The molecule has 0 radical (unpaired) electrons. The highest BCUT2D eigenvalue weighted by atomic mass is 16.4. The number of carbonyl (C=O) groups is 2. The van der Waals surface area contributed by atoms with Crippen LogP contribution < -0.4 is 5.32 Å².